The Balaban J connectivity index is 2.46. The lowest BCUT2D eigenvalue weighted by atomic mass is 10.3. The summed E-state index contributed by atoms with van der Waals surface area (Å²) in [6, 6.07) is 2.02. The van der Waals surface area contributed by atoms with E-state index in [1.807, 2.05) is 13.0 Å². The molecule has 1 saturated heterocycles. The number of likely N-dealkylation sites (tertiary alicyclic amines) is 1. The third-order valence-corrected chi connectivity index (χ3v) is 4.99. The Hall–Kier alpha value is -0.640. The Morgan fingerprint density at radius 3 is 2.47 bits per heavy atom. The fourth-order valence-corrected chi connectivity index (χ4v) is 3.28. The molecule has 1 fully saturated rings. The van der Waals surface area contributed by atoms with Gasteiger partial charge in [0.25, 0.3) is 0 Å². The second-order valence-electron chi connectivity index (χ2n) is 4.51. The van der Waals surface area contributed by atoms with Gasteiger partial charge in [-0.3, -0.25) is 4.90 Å². The van der Waals surface area contributed by atoms with E-state index in [0.717, 1.165) is 13.1 Å². The monoisotopic (exact) mass is 259 g/mol. The molecular formula is C11H21N3O2S. The molecular weight excluding hydrogens is 238 g/mol. The van der Waals surface area contributed by atoms with Crippen LogP contribution in [0.4, 0.5) is 0 Å². The molecule has 1 aliphatic heterocycles. The molecule has 2 atom stereocenters. The largest absolute Gasteiger partial charge is 0.299 e. The quantitative estimate of drug-likeness (QED) is 0.762. The molecule has 0 aromatic heterocycles. The lowest BCUT2D eigenvalue weighted by Gasteiger charge is -2.24. The summed E-state index contributed by atoms with van der Waals surface area (Å²) in [5, 5.41) is 7.82. The minimum absolute atomic E-state index is 0.198. The fraction of sp³-hybridized carbons (Fsp3) is 0.909. The van der Waals surface area contributed by atoms with Gasteiger partial charge >= 0.3 is 0 Å². The number of nitrogens with one attached hydrogen (secondary N) is 1. The highest BCUT2D eigenvalue weighted by atomic mass is 32.2. The molecule has 98 valence electrons. The van der Waals surface area contributed by atoms with Crippen LogP contribution in [0.1, 0.15) is 33.1 Å². The van der Waals surface area contributed by atoms with E-state index in [9.17, 15) is 8.42 Å². The summed E-state index contributed by atoms with van der Waals surface area (Å²) in [7, 11) is -3.48. The van der Waals surface area contributed by atoms with Gasteiger partial charge in [-0.05, 0) is 39.3 Å². The summed E-state index contributed by atoms with van der Waals surface area (Å²) in [5.74, 6) is 0. The zero-order valence-electron chi connectivity index (χ0n) is 10.5. The normalized spacial score (nSPS) is 21.0. The molecule has 0 bridgehead atoms. The molecule has 0 spiro atoms. The summed E-state index contributed by atoms with van der Waals surface area (Å²) >= 11 is 0. The number of nitriles is 1. The summed E-state index contributed by atoms with van der Waals surface area (Å²) in [6.45, 7) is 6.19. The van der Waals surface area contributed by atoms with Crippen LogP contribution < -0.4 is 4.72 Å². The number of nitrogens with zero attached hydrogens (tertiary/aromatic N) is 2. The standard InChI is InChI=1S/C11H21N3O2S/c1-3-11(8-12)17(15,16)13-9-10(2)14-6-4-5-7-14/h10-11,13H,3-7,9H2,1-2H3. The van der Waals surface area contributed by atoms with Crippen molar-refractivity contribution >= 4 is 10.0 Å². The molecule has 2 unspecified atom stereocenters. The van der Waals surface area contributed by atoms with Crippen LogP contribution in [0.25, 0.3) is 0 Å². The first kappa shape index (κ1) is 14.4. The van der Waals surface area contributed by atoms with E-state index < -0.39 is 15.3 Å². The minimum Gasteiger partial charge on any atom is -0.299 e. The Morgan fingerprint density at radius 2 is 2.00 bits per heavy atom. The van der Waals surface area contributed by atoms with Crippen LogP contribution in [0.3, 0.4) is 0 Å². The van der Waals surface area contributed by atoms with Crippen LogP contribution in [0, 0.1) is 11.3 Å². The van der Waals surface area contributed by atoms with Crippen LogP contribution in [-0.4, -0.2) is 44.2 Å². The maximum atomic E-state index is 11.8. The highest BCUT2D eigenvalue weighted by molar-refractivity contribution is 7.90. The van der Waals surface area contributed by atoms with Crippen molar-refractivity contribution < 1.29 is 8.42 Å². The molecule has 0 aliphatic carbocycles. The van der Waals surface area contributed by atoms with Crippen molar-refractivity contribution in [2.75, 3.05) is 19.6 Å². The van der Waals surface area contributed by atoms with Crippen molar-refractivity contribution in [2.45, 2.75) is 44.4 Å². The lowest BCUT2D eigenvalue weighted by Crippen LogP contribution is -2.43. The first-order valence-corrected chi connectivity index (χ1v) is 7.68. The molecule has 1 N–H and O–H groups in total. The van der Waals surface area contributed by atoms with Gasteiger partial charge in [0.05, 0.1) is 6.07 Å². The van der Waals surface area contributed by atoms with Gasteiger partial charge in [-0.2, -0.15) is 5.26 Å². The maximum Gasteiger partial charge on any atom is 0.228 e. The summed E-state index contributed by atoms with van der Waals surface area (Å²) in [6.07, 6.45) is 2.70. The molecule has 1 rings (SSSR count). The smallest absolute Gasteiger partial charge is 0.228 e. The highest BCUT2D eigenvalue weighted by Crippen LogP contribution is 2.11. The van der Waals surface area contributed by atoms with Gasteiger partial charge in [0.1, 0.15) is 0 Å². The maximum absolute atomic E-state index is 11.8. The van der Waals surface area contributed by atoms with Gasteiger partial charge < -0.3 is 0 Å². The zero-order chi connectivity index (χ0) is 12.9. The summed E-state index contributed by atoms with van der Waals surface area (Å²) in [4.78, 5) is 2.27. The lowest BCUT2D eigenvalue weighted by molar-refractivity contribution is 0.259. The predicted octanol–water partition coefficient (Wildman–Crippen LogP) is 0.692. The molecule has 17 heavy (non-hydrogen) atoms. The van der Waals surface area contributed by atoms with Crippen molar-refractivity contribution in [1.29, 1.82) is 5.26 Å². The Kier molecular flexibility index (Phi) is 5.37. The average molecular weight is 259 g/mol. The van der Waals surface area contributed by atoms with Gasteiger partial charge in [0.15, 0.2) is 5.25 Å². The van der Waals surface area contributed by atoms with Crippen LogP contribution >= 0.6 is 0 Å². The molecule has 6 heteroatoms. The van der Waals surface area contributed by atoms with E-state index in [4.69, 9.17) is 5.26 Å². The van der Waals surface area contributed by atoms with E-state index in [2.05, 4.69) is 9.62 Å². The van der Waals surface area contributed by atoms with E-state index in [0.29, 0.717) is 13.0 Å². The molecule has 0 aromatic rings. The van der Waals surface area contributed by atoms with Crippen molar-refractivity contribution in [3.05, 3.63) is 0 Å². The van der Waals surface area contributed by atoms with Gasteiger partial charge in [-0.15, -0.1) is 0 Å². The topological polar surface area (TPSA) is 73.2 Å². The first-order chi connectivity index (χ1) is 8.01. The van der Waals surface area contributed by atoms with Gasteiger partial charge in [0, 0.05) is 12.6 Å². The van der Waals surface area contributed by atoms with Gasteiger partial charge in [-0.25, -0.2) is 13.1 Å². The van der Waals surface area contributed by atoms with E-state index in [-0.39, 0.29) is 6.04 Å². The van der Waals surface area contributed by atoms with Crippen LogP contribution in [0.2, 0.25) is 0 Å². The summed E-state index contributed by atoms with van der Waals surface area (Å²) < 4.78 is 26.1. The molecule has 0 aromatic carbocycles. The minimum atomic E-state index is -3.48. The third-order valence-electron chi connectivity index (χ3n) is 3.23. The number of hydrogen-bond donors (Lipinski definition) is 1. The predicted molar refractivity (Wildman–Crippen MR) is 66.9 cm³/mol. The Morgan fingerprint density at radius 1 is 1.41 bits per heavy atom. The van der Waals surface area contributed by atoms with Crippen LogP contribution in [0.5, 0.6) is 0 Å². The summed E-state index contributed by atoms with van der Waals surface area (Å²) in [5.41, 5.74) is 0. The van der Waals surface area contributed by atoms with Crippen molar-refractivity contribution in [3.63, 3.8) is 0 Å². The molecule has 0 saturated carbocycles. The zero-order valence-corrected chi connectivity index (χ0v) is 11.3. The van der Waals surface area contributed by atoms with Crippen LogP contribution in [0.15, 0.2) is 0 Å². The van der Waals surface area contributed by atoms with E-state index >= 15 is 0 Å². The van der Waals surface area contributed by atoms with Crippen LogP contribution in [-0.2, 0) is 10.0 Å². The molecule has 1 heterocycles. The Bertz CT molecular complexity index is 369. The first-order valence-electron chi connectivity index (χ1n) is 6.13. The number of rotatable bonds is 6. The van der Waals surface area contributed by atoms with E-state index in [1.54, 1.807) is 6.92 Å². The number of hydrogen-bond acceptors (Lipinski definition) is 4. The number of sulfonamides is 1. The third kappa shape index (κ3) is 3.95. The molecule has 0 amide bonds. The SMILES string of the molecule is CCC(C#N)S(=O)(=O)NCC(C)N1CCCC1. The molecule has 5 nitrogen and oxygen atoms in total. The second-order valence-corrected chi connectivity index (χ2v) is 6.46. The van der Waals surface area contributed by atoms with Crippen molar-refractivity contribution in [2.24, 2.45) is 0 Å². The van der Waals surface area contributed by atoms with Crippen molar-refractivity contribution in [3.8, 4) is 6.07 Å². The molecule has 0 radical (unpaired) electrons. The second kappa shape index (κ2) is 6.34. The van der Waals surface area contributed by atoms with E-state index in [1.165, 1.54) is 12.8 Å². The molecule has 1 aliphatic rings. The highest BCUT2D eigenvalue weighted by Gasteiger charge is 2.25. The van der Waals surface area contributed by atoms with Crippen molar-refractivity contribution in [1.82, 2.24) is 9.62 Å². The average Bonchev–Trinajstić information content (AvgIpc) is 2.80. The fourth-order valence-electron chi connectivity index (χ4n) is 2.03. The van der Waals surface area contributed by atoms with Gasteiger partial charge in [-0.1, -0.05) is 6.92 Å². The van der Waals surface area contributed by atoms with Gasteiger partial charge in [0.2, 0.25) is 10.0 Å². The Labute approximate surface area is 104 Å².